The Bertz CT molecular complexity index is 971. The normalized spacial score (nSPS) is 13.6. The summed E-state index contributed by atoms with van der Waals surface area (Å²) in [6.45, 7) is 12.7. The molecule has 1 aromatic carbocycles. The van der Waals surface area contributed by atoms with E-state index in [-0.39, 0.29) is 5.91 Å². The highest BCUT2D eigenvalue weighted by molar-refractivity contribution is 7.80. The zero-order valence-corrected chi connectivity index (χ0v) is 21.8. The van der Waals surface area contributed by atoms with Crippen molar-refractivity contribution >= 4 is 35.7 Å². The highest BCUT2D eigenvalue weighted by Gasteiger charge is 2.25. The summed E-state index contributed by atoms with van der Waals surface area (Å²) in [7, 11) is 2.09. The first-order valence-electron chi connectivity index (χ1n) is 12.2. The molecular weight excluding hydrogens is 442 g/mol. The van der Waals surface area contributed by atoms with E-state index in [0.717, 1.165) is 74.0 Å². The maximum atomic E-state index is 13.5. The number of nitrogens with zero attached hydrogens (tertiary/aromatic N) is 4. The van der Waals surface area contributed by atoms with Gasteiger partial charge >= 0.3 is 0 Å². The van der Waals surface area contributed by atoms with Crippen LogP contribution in [0.15, 0.2) is 43.1 Å². The molecule has 0 aliphatic carbocycles. The van der Waals surface area contributed by atoms with Crippen molar-refractivity contribution in [2.45, 2.75) is 33.1 Å². The maximum absolute atomic E-state index is 13.5. The second-order valence-corrected chi connectivity index (χ2v) is 9.47. The first-order valence-corrected chi connectivity index (χ1v) is 12.9. The number of thiol groups is 1. The summed E-state index contributed by atoms with van der Waals surface area (Å²) in [6.07, 6.45) is 6.87. The molecule has 34 heavy (non-hydrogen) atoms. The topological polar surface area (TPSA) is 51.7 Å². The molecule has 0 unspecified atom stereocenters. The molecule has 3 rings (SSSR count). The number of aryl methyl sites for hydroxylation is 2. The predicted octanol–water partition coefficient (Wildman–Crippen LogP) is 4.80. The van der Waals surface area contributed by atoms with Gasteiger partial charge in [-0.1, -0.05) is 12.1 Å². The zero-order valence-electron chi connectivity index (χ0n) is 20.9. The average molecular weight is 482 g/mol. The summed E-state index contributed by atoms with van der Waals surface area (Å²) in [5.74, 6) is 1.92. The van der Waals surface area contributed by atoms with Crippen molar-refractivity contribution in [3.8, 4) is 0 Å². The van der Waals surface area contributed by atoms with E-state index in [1.165, 1.54) is 11.1 Å². The fourth-order valence-electron chi connectivity index (χ4n) is 4.34. The van der Waals surface area contributed by atoms with E-state index in [0.29, 0.717) is 13.1 Å². The molecule has 1 aromatic heterocycles. The van der Waals surface area contributed by atoms with E-state index in [1.807, 2.05) is 23.2 Å². The monoisotopic (exact) mass is 481 g/mol. The molecule has 0 spiro atoms. The Kier molecular flexibility index (Phi) is 9.69. The van der Waals surface area contributed by atoms with Gasteiger partial charge in [0.1, 0.15) is 5.82 Å². The Balaban J connectivity index is 1.71. The molecule has 7 heteroatoms. The van der Waals surface area contributed by atoms with Crippen LogP contribution >= 0.6 is 12.6 Å². The predicted molar refractivity (Wildman–Crippen MR) is 148 cm³/mol. The van der Waals surface area contributed by atoms with Crippen LogP contribution in [-0.2, 0) is 0 Å². The van der Waals surface area contributed by atoms with Crippen LogP contribution in [0.1, 0.15) is 40.7 Å². The minimum atomic E-state index is 0.0856. The van der Waals surface area contributed by atoms with Crippen LogP contribution in [-0.4, -0.2) is 67.9 Å². The molecule has 6 nitrogen and oxygen atoms in total. The number of anilines is 3. The lowest BCUT2D eigenvalue weighted by atomic mass is 10.1. The Morgan fingerprint density at radius 2 is 1.97 bits per heavy atom. The zero-order chi connectivity index (χ0) is 24.5. The van der Waals surface area contributed by atoms with Gasteiger partial charge in [0.25, 0.3) is 5.91 Å². The summed E-state index contributed by atoms with van der Waals surface area (Å²) in [5.41, 5.74) is 5.10. The fourth-order valence-corrected chi connectivity index (χ4v) is 4.50. The molecule has 1 aliphatic heterocycles. The van der Waals surface area contributed by atoms with Gasteiger partial charge in [0.05, 0.1) is 5.56 Å². The third-order valence-corrected chi connectivity index (χ3v) is 6.60. The van der Waals surface area contributed by atoms with Crippen molar-refractivity contribution in [1.29, 1.82) is 0 Å². The number of aromatic nitrogens is 1. The quantitative estimate of drug-likeness (QED) is 0.274. The van der Waals surface area contributed by atoms with E-state index in [4.69, 9.17) is 0 Å². The number of unbranched alkanes of at least 4 members (excludes halogenated alkanes) is 1. The molecule has 2 heterocycles. The summed E-state index contributed by atoms with van der Waals surface area (Å²) in [6, 6.07) is 8.30. The lowest BCUT2D eigenvalue weighted by Gasteiger charge is -2.36. The summed E-state index contributed by atoms with van der Waals surface area (Å²) >= 11 is 4.33. The second kappa shape index (κ2) is 12.7. The molecule has 1 aliphatic rings. The molecule has 0 atom stereocenters. The van der Waals surface area contributed by atoms with Crippen LogP contribution < -0.4 is 15.1 Å². The number of rotatable bonds is 11. The van der Waals surface area contributed by atoms with Gasteiger partial charge in [-0.2, -0.15) is 12.6 Å². The molecule has 1 fully saturated rings. The van der Waals surface area contributed by atoms with E-state index in [1.54, 1.807) is 0 Å². The standard InChI is InChI=1S/C27H39N5OS/c1-5-6-7-12-30(4)23-9-10-24(25(19-23)28-11-8-17-34)27(33)32-15-13-31(14-16-32)26-22(3)18-21(2)20-29-26/h5,9-10,18-20,28,34H,1,6-8,11-17H2,2-4H3. The molecule has 0 bridgehead atoms. The molecule has 0 saturated carbocycles. The smallest absolute Gasteiger partial charge is 0.256 e. The van der Waals surface area contributed by atoms with Crippen LogP contribution in [0, 0.1) is 13.8 Å². The first kappa shape index (κ1) is 25.9. The highest BCUT2D eigenvalue weighted by Crippen LogP contribution is 2.26. The largest absolute Gasteiger partial charge is 0.384 e. The Labute approximate surface area is 210 Å². The fraction of sp³-hybridized carbons (Fsp3) is 0.481. The van der Waals surface area contributed by atoms with Gasteiger partial charge in [-0.3, -0.25) is 4.79 Å². The Hall–Kier alpha value is -2.67. The van der Waals surface area contributed by atoms with E-state index in [2.05, 4.69) is 78.4 Å². The summed E-state index contributed by atoms with van der Waals surface area (Å²) in [5, 5.41) is 3.48. The number of hydrogen-bond donors (Lipinski definition) is 2. The van der Waals surface area contributed by atoms with Crippen molar-refractivity contribution in [1.82, 2.24) is 9.88 Å². The molecule has 2 aromatic rings. The molecule has 1 amide bonds. The molecular formula is C27H39N5OS. The molecule has 1 saturated heterocycles. The molecule has 184 valence electrons. The second-order valence-electron chi connectivity index (χ2n) is 9.02. The van der Waals surface area contributed by atoms with Crippen LogP contribution in [0.5, 0.6) is 0 Å². The van der Waals surface area contributed by atoms with Gasteiger partial charge in [0, 0.05) is 63.9 Å². The third-order valence-electron chi connectivity index (χ3n) is 6.28. The van der Waals surface area contributed by atoms with Gasteiger partial charge in [-0.25, -0.2) is 4.98 Å². The SMILES string of the molecule is C=CCCCN(C)c1ccc(C(=O)N2CCN(c3ncc(C)cc3C)CC2)c(NCCCS)c1. The molecule has 1 N–H and O–H groups in total. The van der Waals surface area contributed by atoms with Gasteiger partial charge in [0.2, 0.25) is 0 Å². The van der Waals surface area contributed by atoms with Crippen LogP contribution in [0.25, 0.3) is 0 Å². The van der Waals surface area contributed by atoms with Crippen LogP contribution in [0.2, 0.25) is 0 Å². The van der Waals surface area contributed by atoms with E-state index < -0.39 is 0 Å². The molecule has 0 radical (unpaired) electrons. The maximum Gasteiger partial charge on any atom is 0.256 e. The highest BCUT2D eigenvalue weighted by atomic mass is 32.1. The average Bonchev–Trinajstić information content (AvgIpc) is 2.84. The van der Waals surface area contributed by atoms with Gasteiger partial charge in [-0.05, 0) is 68.2 Å². The minimum absolute atomic E-state index is 0.0856. The number of carbonyl (C=O) groups excluding carboxylic acids is 1. The van der Waals surface area contributed by atoms with Crippen molar-refractivity contribution in [2.24, 2.45) is 0 Å². The van der Waals surface area contributed by atoms with Crippen molar-refractivity contribution in [3.63, 3.8) is 0 Å². The summed E-state index contributed by atoms with van der Waals surface area (Å²) in [4.78, 5) is 24.6. The first-order chi connectivity index (χ1) is 16.4. The number of amides is 1. The van der Waals surface area contributed by atoms with Crippen LogP contribution in [0.4, 0.5) is 17.2 Å². The van der Waals surface area contributed by atoms with Crippen molar-refractivity contribution in [3.05, 3.63) is 59.8 Å². The number of carbonyl (C=O) groups is 1. The van der Waals surface area contributed by atoms with Gasteiger partial charge < -0.3 is 20.0 Å². The number of nitrogens with one attached hydrogen (secondary N) is 1. The number of allylic oxidation sites excluding steroid dienone is 1. The number of pyridine rings is 1. The number of hydrogen-bond acceptors (Lipinski definition) is 6. The number of benzene rings is 1. The van der Waals surface area contributed by atoms with Crippen molar-refractivity contribution < 1.29 is 4.79 Å². The van der Waals surface area contributed by atoms with E-state index >= 15 is 0 Å². The van der Waals surface area contributed by atoms with Gasteiger partial charge in [0.15, 0.2) is 0 Å². The Morgan fingerprint density at radius 1 is 1.21 bits per heavy atom. The Morgan fingerprint density at radius 3 is 2.65 bits per heavy atom. The number of piperazine rings is 1. The van der Waals surface area contributed by atoms with Gasteiger partial charge in [-0.15, -0.1) is 6.58 Å². The van der Waals surface area contributed by atoms with Crippen LogP contribution in [0.3, 0.4) is 0 Å². The van der Waals surface area contributed by atoms with Crippen molar-refractivity contribution in [2.75, 3.05) is 67.2 Å². The lowest BCUT2D eigenvalue weighted by molar-refractivity contribution is 0.0747. The lowest BCUT2D eigenvalue weighted by Crippen LogP contribution is -2.49. The summed E-state index contributed by atoms with van der Waals surface area (Å²) < 4.78 is 0. The van der Waals surface area contributed by atoms with E-state index in [9.17, 15) is 4.79 Å². The third kappa shape index (κ3) is 6.69. The minimum Gasteiger partial charge on any atom is -0.384 e.